The third kappa shape index (κ3) is 4.67. The molecule has 0 fully saturated rings. The van der Waals surface area contributed by atoms with E-state index in [1.165, 1.54) is 6.07 Å². The number of ether oxygens (including phenoxy) is 1. The van der Waals surface area contributed by atoms with E-state index in [2.05, 4.69) is 15.9 Å². The van der Waals surface area contributed by atoms with E-state index in [4.69, 9.17) is 4.74 Å². The van der Waals surface area contributed by atoms with E-state index < -0.39 is 11.0 Å². The summed E-state index contributed by atoms with van der Waals surface area (Å²) in [5.41, 5.74) is 0.291. The number of aliphatic hydroxyl groups excluding tert-OH is 1. The SMILES string of the molecule is CSCCCOc1c(C(C)O)cc(Br)cc1[N+](=O)[O-]. The molecule has 1 unspecified atom stereocenters. The lowest BCUT2D eigenvalue weighted by Crippen LogP contribution is -2.06. The number of rotatable bonds is 7. The molecular formula is C12H16BrNO4S. The van der Waals surface area contributed by atoms with E-state index in [0.717, 1.165) is 12.2 Å². The highest BCUT2D eigenvalue weighted by atomic mass is 79.9. The van der Waals surface area contributed by atoms with E-state index in [1.54, 1.807) is 24.8 Å². The Morgan fingerprint density at radius 1 is 1.58 bits per heavy atom. The van der Waals surface area contributed by atoms with Gasteiger partial charge in [-0.05, 0) is 31.4 Å². The van der Waals surface area contributed by atoms with Crippen LogP contribution in [-0.2, 0) is 0 Å². The number of nitro benzene ring substituents is 1. The molecule has 0 bridgehead atoms. The lowest BCUT2D eigenvalue weighted by Gasteiger charge is -2.14. The summed E-state index contributed by atoms with van der Waals surface area (Å²) < 4.78 is 6.06. The number of aliphatic hydroxyl groups is 1. The van der Waals surface area contributed by atoms with Crippen molar-refractivity contribution in [2.45, 2.75) is 19.4 Å². The van der Waals surface area contributed by atoms with Crippen LogP contribution in [0.15, 0.2) is 16.6 Å². The van der Waals surface area contributed by atoms with Crippen molar-refractivity contribution in [1.29, 1.82) is 0 Å². The van der Waals surface area contributed by atoms with Gasteiger partial charge in [-0.15, -0.1) is 0 Å². The zero-order chi connectivity index (χ0) is 14.4. The van der Waals surface area contributed by atoms with Gasteiger partial charge in [-0.3, -0.25) is 10.1 Å². The minimum absolute atomic E-state index is 0.130. The first kappa shape index (κ1) is 16.3. The molecule has 1 N–H and O–H groups in total. The molecule has 1 aromatic rings. The second-order valence-corrected chi connectivity index (χ2v) is 5.87. The molecule has 0 heterocycles. The van der Waals surface area contributed by atoms with Crippen LogP contribution in [0.5, 0.6) is 5.75 Å². The quantitative estimate of drug-likeness (QED) is 0.463. The van der Waals surface area contributed by atoms with Gasteiger partial charge in [0.2, 0.25) is 5.75 Å². The lowest BCUT2D eigenvalue weighted by molar-refractivity contribution is -0.386. The molecule has 0 aromatic heterocycles. The van der Waals surface area contributed by atoms with Crippen molar-refractivity contribution in [2.24, 2.45) is 0 Å². The Hall–Kier alpha value is -0.790. The summed E-state index contributed by atoms with van der Waals surface area (Å²) in [5.74, 6) is 1.08. The number of thioether (sulfide) groups is 1. The first-order chi connectivity index (χ1) is 8.97. The van der Waals surface area contributed by atoms with Crippen molar-refractivity contribution in [1.82, 2.24) is 0 Å². The normalized spacial score (nSPS) is 12.2. The van der Waals surface area contributed by atoms with Gasteiger partial charge < -0.3 is 9.84 Å². The smallest absolute Gasteiger partial charge is 0.312 e. The topological polar surface area (TPSA) is 72.6 Å². The second-order valence-electron chi connectivity index (χ2n) is 3.97. The molecule has 0 saturated carbocycles. The Morgan fingerprint density at radius 3 is 2.79 bits per heavy atom. The molecule has 0 spiro atoms. The first-order valence-electron chi connectivity index (χ1n) is 5.75. The van der Waals surface area contributed by atoms with Crippen LogP contribution in [0.4, 0.5) is 5.69 Å². The minimum Gasteiger partial charge on any atom is -0.487 e. The van der Waals surface area contributed by atoms with Crippen LogP contribution in [0.3, 0.4) is 0 Å². The van der Waals surface area contributed by atoms with E-state index in [1.807, 2.05) is 6.26 Å². The Morgan fingerprint density at radius 2 is 2.26 bits per heavy atom. The highest BCUT2D eigenvalue weighted by Crippen LogP contribution is 2.37. The number of nitro groups is 1. The molecule has 5 nitrogen and oxygen atoms in total. The molecule has 0 aliphatic heterocycles. The number of nitrogens with zero attached hydrogens (tertiary/aromatic N) is 1. The van der Waals surface area contributed by atoms with Gasteiger partial charge in [0.1, 0.15) is 0 Å². The average molecular weight is 350 g/mol. The van der Waals surface area contributed by atoms with E-state index in [0.29, 0.717) is 16.6 Å². The van der Waals surface area contributed by atoms with Crippen molar-refractivity contribution in [2.75, 3.05) is 18.6 Å². The molecule has 0 aliphatic rings. The van der Waals surface area contributed by atoms with Gasteiger partial charge in [-0.1, -0.05) is 15.9 Å². The molecule has 1 aromatic carbocycles. The number of hydrogen-bond acceptors (Lipinski definition) is 5. The molecule has 0 saturated heterocycles. The Bertz CT molecular complexity index is 454. The van der Waals surface area contributed by atoms with Crippen molar-refractivity contribution in [3.05, 3.63) is 32.3 Å². The molecule has 106 valence electrons. The third-order valence-electron chi connectivity index (χ3n) is 2.45. The fraction of sp³-hybridized carbons (Fsp3) is 0.500. The maximum atomic E-state index is 11.1. The van der Waals surface area contributed by atoms with Crippen LogP contribution in [0.25, 0.3) is 0 Å². The summed E-state index contributed by atoms with van der Waals surface area (Å²) >= 11 is 4.89. The minimum atomic E-state index is -0.827. The molecule has 0 aliphatic carbocycles. The van der Waals surface area contributed by atoms with Gasteiger partial charge in [-0.2, -0.15) is 11.8 Å². The van der Waals surface area contributed by atoms with Gasteiger partial charge in [0.25, 0.3) is 0 Å². The molecule has 1 atom stereocenters. The summed E-state index contributed by atoms with van der Waals surface area (Å²) in [6.07, 6.45) is 1.96. The highest BCUT2D eigenvalue weighted by molar-refractivity contribution is 9.10. The summed E-state index contributed by atoms with van der Waals surface area (Å²) in [7, 11) is 0. The highest BCUT2D eigenvalue weighted by Gasteiger charge is 2.23. The summed E-state index contributed by atoms with van der Waals surface area (Å²) in [4.78, 5) is 10.6. The third-order valence-corrected chi connectivity index (χ3v) is 3.60. The van der Waals surface area contributed by atoms with Crippen molar-refractivity contribution in [3.8, 4) is 5.75 Å². The number of halogens is 1. The molecule has 0 radical (unpaired) electrons. The fourth-order valence-electron chi connectivity index (χ4n) is 1.58. The predicted molar refractivity (Wildman–Crippen MR) is 79.9 cm³/mol. The van der Waals surface area contributed by atoms with Gasteiger partial charge in [0.05, 0.1) is 17.6 Å². The maximum absolute atomic E-state index is 11.1. The van der Waals surface area contributed by atoms with Crippen molar-refractivity contribution >= 4 is 33.4 Å². The van der Waals surface area contributed by atoms with Gasteiger partial charge in [-0.25, -0.2) is 0 Å². The van der Waals surface area contributed by atoms with Crippen LogP contribution in [0.2, 0.25) is 0 Å². The van der Waals surface area contributed by atoms with Gasteiger partial charge in [0.15, 0.2) is 0 Å². The first-order valence-corrected chi connectivity index (χ1v) is 7.93. The van der Waals surface area contributed by atoms with E-state index in [-0.39, 0.29) is 11.4 Å². The molecule has 19 heavy (non-hydrogen) atoms. The summed E-state index contributed by atoms with van der Waals surface area (Å²) in [5, 5.41) is 20.8. The summed E-state index contributed by atoms with van der Waals surface area (Å²) in [6, 6.07) is 3.03. The average Bonchev–Trinajstić information content (AvgIpc) is 2.34. The second kappa shape index (κ2) is 7.72. The van der Waals surface area contributed by atoms with Crippen molar-refractivity contribution in [3.63, 3.8) is 0 Å². The van der Waals surface area contributed by atoms with Crippen LogP contribution in [0, 0.1) is 10.1 Å². The van der Waals surface area contributed by atoms with Crippen LogP contribution >= 0.6 is 27.7 Å². The zero-order valence-electron chi connectivity index (χ0n) is 10.8. The molecule has 7 heteroatoms. The lowest BCUT2D eigenvalue weighted by atomic mass is 10.1. The number of benzene rings is 1. The van der Waals surface area contributed by atoms with Gasteiger partial charge >= 0.3 is 5.69 Å². The standard InChI is InChI=1S/C12H16BrNO4S/c1-8(15)10-6-9(13)7-11(14(16)17)12(10)18-4-3-5-19-2/h6-8,15H,3-5H2,1-2H3. The van der Waals surface area contributed by atoms with Crippen LogP contribution in [-0.4, -0.2) is 28.6 Å². The fourth-order valence-corrected chi connectivity index (χ4v) is 2.45. The Balaban J connectivity index is 3.05. The van der Waals surface area contributed by atoms with E-state index >= 15 is 0 Å². The molecule has 0 amide bonds. The van der Waals surface area contributed by atoms with E-state index in [9.17, 15) is 15.2 Å². The van der Waals surface area contributed by atoms with Gasteiger partial charge in [0, 0.05) is 16.1 Å². The largest absolute Gasteiger partial charge is 0.487 e. The zero-order valence-corrected chi connectivity index (χ0v) is 13.2. The Kier molecular flexibility index (Phi) is 6.60. The molecule has 1 rings (SSSR count). The summed E-state index contributed by atoms with van der Waals surface area (Å²) in [6.45, 7) is 1.95. The van der Waals surface area contributed by atoms with Crippen LogP contribution in [0.1, 0.15) is 25.0 Å². The Labute approximate surface area is 124 Å². The number of hydrogen-bond donors (Lipinski definition) is 1. The monoisotopic (exact) mass is 349 g/mol. The van der Waals surface area contributed by atoms with Crippen molar-refractivity contribution < 1.29 is 14.8 Å². The molecular weight excluding hydrogens is 334 g/mol. The predicted octanol–water partition coefficient (Wildman–Crippen LogP) is 3.54. The maximum Gasteiger partial charge on any atom is 0.312 e. The van der Waals surface area contributed by atoms with Crippen LogP contribution < -0.4 is 4.74 Å².